The molecule has 1 unspecified atom stereocenters. The summed E-state index contributed by atoms with van der Waals surface area (Å²) in [5, 5.41) is 8.94. The van der Waals surface area contributed by atoms with Crippen molar-refractivity contribution in [3.8, 4) is 0 Å². The number of benzene rings is 1. The van der Waals surface area contributed by atoms with Gasteiger partial charge in [0.1, 0.15) is 5.82 Å². The Hall–Kier alpha value is -0.840. The van der Waals surface area contributed by atoms with Gasteiger partial charge in [0.05, 0.1) is 11.6 Å². The molecule has 0 heterocycles. The summed E-state index contributed by atoms with van der Waals surface area (Å²) in [4.78, 5) is 12.6. The number of rotatable bonds is 6. The first kappa shape index (κ1) is 18.2. The lowest BCUT2D eigenvalue weighted by atomic mass is 10.1. The first-order valence-electron chi connectivity index (χ1n) is 5.86. The summed E-state index contributed by atoms with van der Waals surface area (Å²) in [5.74, 6) is -1.34. The molecule has 1 N–H and O–H groups in total. The van der Waals surface area contributed by atoms with Crippen molar-refractivity contribution in [1.82, 2.24) is 4.90 Å². The fourth-order valence-corrected chi connectivity index (χ4v) is 2.04. The molecule has 0 saturated heterocycles. The summed E-state index contributed by atoms with van der Waals surface area (Å²) < 4.78 is 13.1. The minimum absolute atomic E-state index is 0. The van der Waals surface area contributed by atoms with Gasteiger partial charge >= 0.3 is 5.97 Å². The number of nitrogens with zero attached hydrogens (tertiary/aromatic N) is 1. The summed E-state index contributed by atoms with van der Waals surface area (Å²) >= 11 is 5.74. The van der Waals surface area contributed by atoms with E-state index in [1.807, 2.05) is 18.7 Å². The van der Waals surface area contributed by atoms with Crippen molar-refractivity contribution in [1.29, 1.82) is 0 Å². The van der Waals surface area contributed by atoms with Gasteiger partial charge in [-0.05, 0) is 37.6 Å². The van der Waals surface area contributed by atoms with Crippen molar-refractivity contribution in [3.05, 3.63) is 34.6 Å². The summed E-state index contributed by atoms with van der Waals surface area (Å²) in [7, 11) is 0. The van der Waals surface area contributed by atoms with Gasteiger partial charge in [0, 0.05) is 6.04 Å². The number of hydrogen-bond donors (Lipinski definition) is 1. The van der Waals surface area contributed by atoms with Crippen molar-refractivity contribution in [3.63, 3.8) is 0 Å². The Labute approximate surface area is 123 Å². The van der Waals surface area contributed by atoms with Crippen LogP contribution < -0.4 is 0 Å². The van der Waals surface area contributed by atoms with Gasteiger partial charge in [-0.2, -0.15) is 0 Å². The second kappa shape index (κ2) is 8.35. The average molecular weight is 310 g/mol. The number of halogens is 3. The molecule has 0 bridgehead atoms. The highest BCUT2D eigenvalue weighted by molar-refractivity contribution is 6.30. The van der Waals surface area contributed by atoms with Crippen LogP contribution in [0, 0.1) is 5.82 Å². The maximum Gasteiger partial charge on any atom is 0.317 e. The van der Waals surface area contributed by atoms with E-state index >= 15 is 0 Å². The lowest BCUT2D eigenvalue weighted by Gasteiger charge is -2.27. The monoisotopic (exact) mass is 309 g/mol. The molecule has 19 heavy (non-hydrogen) atoms. The van der Waals surface area contributed by atoms with E-state index in [-0.39, 0.29) is 30.0 Å². The molecule has 1 aromatic rings. The molecule has 6 heteroatoms. The van der Waals surface area contributed by atoms with Crippen LogP contribution in [0.25, 0.3) is 0 Å². The van der Waals surface area contributed by atoms with Crippen LogP contribution in [-0.2, 0) is 4.79 Å². The van der Waals surface area contributed by atoms with Crippen molar-refractivity contribution < 1.29 is 14.3 Å². The van der Waals surface area contributed by atoms with Crippen molar-refractivity contribution in [2.75, 3.05) is 13.1 Å². The third-order valence-corrected chi connectivity index (χ3v) is 3.11. The van der Waals surface area contributed by atoms with Gasteiger partial charge in [-0.1, -0.05) is 24.6 Å². The van der Waals surface area contributed by atoms with E-state index < -0.39 is 11.8 Å². The number of carboxylic acid groups (broad SMARTS) is 1. The molecule has 0 spiro atoms. The maximum absolute atomic E-state index is 13.1. The molecular weight excluding hydrogens is 292 g/mol. The highest BCUT2D eigenvalue weighted by atomic mass is 35.5. The first-order valence-corrected chi connectivity index (χ1v) is 6.24. The van der Waals surface area contributed by atoms with Gasteiger partial charge in [-0.3, -0.25) is 9.69 Å². The molecule has 0 radical (unpaired) electrons. The summed E-state index contributed by atoms with van der Waals surface area (Å²) in [6, 6.07) is 4.38. The maximum atomic E-state index is 13.1. The number of carboxylic acids is 1. The summed E-state index contributed by atoms with van der Waals surface area (Å²) in [5.41, 5.74) is 0.816. The Kier molecular flexibility index (Phi) is 7.99. The molecule has 1 aromatic carbocycles. The van der Waals surface area contributed by atoms with Crippen molar-refractivity contribution >= 4 is 30.0 Å². The van der Waals surface area contributed by atoms with Crippen LogP contribution in [0.5, 0.6) is 0 Å². The second-order valence-electron chi connectivity index (χ2n) is 4.21. The molecule has 0 aliphatic rings. The van der Waals surface area contributed by atoms with Crippen LogP contribution in [0.2, 0.25) is 5.02 Å². The third kappa shape index (κ3) is 5.35. The average Bonchev–Trinajstić information content (AvgIpc) is 2.31. The lowest BCUT2D eigenvalue weighted by molar-refractivity contribution is -0.138. The fourth-order valence-electron chi connectivity index (χ4n) is 1.85. The molecular formula is C13H18Cl2FNO2. The van der Waals surface area contributed by atoms with E-state index in [9.17, 15) is 9.18 Å². The summed E-state index contributed by atoms with van der Waals surface area (Å²) in [6.45, 7) is 4.51. The molecule has 1 atom stereocenters. The van der Waals surface area contributed by atoms with Crippen LogP contribution in [0.15, 0.2) is 18.2 Å². The quantitative estimate of drug-likeness (QED) is 0.870. The second-order valence-corrected chi connectivity index (χ2v) is 4.62. The zero-order valence-corrected chi connectivity index (χ0v) is 12.5. The van der Waals surface area contributed by atoms with Crippen LogP contribution >= 0.6 is 24.0 Å². The predicted molar refractivity (Wildman–Crippen MR) is 76.6 cm³/mol. The van der Waals surface area contributed by atoms with Gasteiger partial charge < -0.3 is 5.11 Å². The third-order valence-electron chi connectivity index (χ3n) is 2.82. The van der Waals surface area contributed by atoms with Crippen molar-refractivity contribution in [2.45, 2.75) is 26.3 Å². The Bertz CT molecular complexity index is 429. The fraction of sp³-hybridized carbons (Fsp3) is 0.462. The number of aliphatic carboxylic acids is 1. The van der Waals surface area contributed by atoms with E-state index in [1.54, 1.807) is 12.1 Å². The molecule has 0 amide bonds. The number of carbonyl (C=O) groups is 1. The van der Waals surface area contributed by atoms with Crippen LogP contribution in [0.3, 0.4) is 0 Å². The molecule has 0 fully saturated rings. The molecule has 0 aliphatic carbocycles. The SMILES string of the molecule is CCCN(CC(=O)O)C(C)c1ccc(F)c(Cl)c1.Cl. The van der Waals surface area contributed by atoms with E-state index in [0.29, 0.717) is 6.54 Å². The van der Waals surface area contributed by atoms with Crippen LogP contribution in [0.4, 0.5) is 4.39 Å². The molecule has 3 nitrogen and oxygen atoms in total. The minimum atomic E-state index is -0.872. The molecule has 0 saturated carbocycles. The van der Waals surface area contributed by atoms with Gasteiger partial charge in [0.15, 0.2) is 0 Å². The number of hydrogen-bond acceptors (Lipinski definition) is 2. The topological polar surface area (TPSA) is 40.5 Å². The standard InChI is InChI=1S/C13H17ClFNO2.ClH/c1-3-6-16(8-13(17)18)9(2)10-4-5-12(15)11(14)7-10;/h4-5,7,9H,3,6,8H2,1-2H3,(H,17,18);1H. The van der Waals surface area contributed by atoms with Gasteiger partial charge in [0.2, 0.25) is 0 Å². The Balaban J connectivity index is 0.00000324. The molecule has 1 rings (SSSR count). The highest BCUT2D eigenvalue weighted by Crippen LogP contribution is 2.24. The normalized spacial score (nSPS) is 12.1. The molecule has 0 aromatic heterocycles. The smallest absolute Gasteiger partial charge is 0.317 e. The Morgan fingerprint density at radius 2 is 2.16 bits per heavy atom. The zero-order valence-electron chi connectivity index (χ0n) is 10.9. The summed E-state index contributed by atoms with van der Waals surface area (Å²) in [6.07, 6.45) is 0.854. The highest BCUT2D eigenvalue weighted by Gasteiger charge is 2.18. The van der Waals surface area contributed by atoms with Gasteiger partial charge in [0.25, 0.3) is 0 Å². The van der Waals surface area contributed by atoms with E-state index in [2.05, 4.69) is 0 Å². The Morgan fingerprint density at radius 3 is 2.63 bits per heavy atom. The molecule has 108 valence electrons. The first-order chi connectivity index (χ1) is 8.45. The van der Waals surface area contributed by atoms with Crippen LogP contribution in [0.1, 0.15) is 31.9 Å². The van der Waals surface area contributed by atoms with Gasteiger partial charge in [-0.25, -0.2) is 4.39 Å². The van der Waals surface area contributed by atoms with Gasteiger partial charge in [-0.15, -0.1) is 12.4 Å². The lowest BCUT2D eigenvalue weighted by Crippen LogP contribution is -2.33. The van der Waals surface area contributed by atoms with Crippen LogP contribution in [-0.4, -0.2) is 29.1 Å². The van der Waals surface area contributed by atoms with E-state index in [1.165, 1.54) is 6.07 Å². The molecule has 0 aliphatic heterocycles. The van der Waals surface area contributed by atoms with E-state index in [0.717, 1.165) is 12.0 Å². The minimum Gasteiger partial charge on any atom is -0.480 e. The Morgan fingerprint density at radius 1 is 1.53 bits per heavy atom. The zero-order chi connectivity index (χ0) is 13.7. The van der Waals surface area contributed by atoms with Crippen molar-refractivity contribution in [2.24, 2.45) is 0 Å². The van der Waals surface area contributed by atoms with E-state index in [4.69, 9.17) is 16.7 Å². The largest absolute Gasteiger partial charge is 0.480 e. The predicted octanol–water partition coefficient (Wildman–Crippen LogP) is 3.76.